The van der Waals surface area contributed by atoms with Crippen LogP contribution in [0.4, 0.5) is 5.88 Å². The highest BCUT2D eigenvalue weighted by atomic mass is 35.5. The smallest absolute Gasteiger partial charge is 0.433 e. The molecule has 1 amide bonds. The topological polar surface area (TPSA) is 108 Å². The number of aromatic nitrogens is 1. The van der Waals surface area contributed by atoms with Gasteiger partial charge in [0.25, 0.3) is 5.91 Å². The van der Waals surface area contributed by atoms with Crippen molar-refractivity contribution in [2.45, 2.75) is 0 Å². The van der Waals surface area contributed by atoms with Crippen molar-refractivity contribution in [1.29, 1.82) is 0 Å². The molecule has 22 heavy (non-hydrogen) atoms. The van der Waals surface area contributed by atoms with Gasteiger partial charge in [0.15, 0.2) is 5.76 Å². The molecule has 10 heteroatoms. The maximum Gasteiger partial charge on any atom is 0.433 e. The number of rotatable bonds is 6. The Bertz CT molecular complexity index is 704. The molecular weight excluding hydrogens is 337 g/mol. The van der Waals surface area contributed by atoms with Gasteiger partial charge in [0, 0.05) is 6.20 Å². The summed E-state index contributed by atoms with van der Waals surface area (Å²) < 4.78 is 10.0. The predicted molar refractivity (Wildman–Crippen MR) is 77.4 cm³/mol. The van der Waals surface area contributed by atoms with E-state index >= 15 is 0 Å². The van der Waals surface area contributed by atoms with E-state index in [1.54, 1.807) is 0 Å². The average Bonchev–Trinajstić information content (AvgIpc) is 2.95. The molecule has 0 saturated carbocycles. The molecule has 0 bridgehead atoms. The second-order valence-electron chi connectivity index (χ2n) is 3.94. The number of nitrogens with zero attached hydrogens (tertiary/aromatic N) is 2. The predicted octanol–water partition coefficient (Wildman–Crippen LogP) is 2.70. The van der Waals surface area contributed by atoms with Gasteiger partial charge in [-0.2, -0.15) is 0 Å². The highest BCUT2D eigenvalue weighted by Crippen LogP contribution is 2.24. The van der Waals surface area contributed by atoms with Gasteiger partial charge < -0.3 is 14.5 Å². The Morgan fingerprint density at radius 1 is 1.45 bits per heavy atom. The van der Waals surface area contributed by atoms with Crippen LogP contribution in [-0.4, -0.2) is 29.0 Å². The summed E-state index contributed by atoms with van der Waals surface area (Å²) in [6.07, 6.45) is 1.38. The summed E-state index contributed by atoms with van der Waals surface area (Å²) >= 11 is 11.6. The molecule has 0 aliphatic carbocycles. The zero-order valence-corrected chi connectivity index (χ0v) is 12.4. The Balaban J connectivity index is 1.80. The van der Waals surface area contributed by atoms with Crippen LogP contribution in [0, 0.1) is 10.1 Å². The minimum Gasteiger partial charge on any atom is -0.475 e. The Morgan fingerprint density at radius 3 is 2.86 bits per heavy atom. The quantitative estimate of drug-likeness (QED) is 0.489. The molecule has 2 aromatic heterocycles. The van der Waals surface area contributed by atoms with Gasteiger partial charge >= 0.3 is 5.88 Å². The fourth-order valence-corrected chi connectivity index (χ4v) is 1.89. The second kappa shape index (κ2) is 7.10. The number of amides is 1. The lowest BCUT2D eigenvalue weighted by Gasteiger charge is -2.07. The van der Waals surface area contributed by atoms with E-state index in [1.165, 1.54) is 18.3 Å². The molecule has 2 aromatic rings. The van der Waals surface area contributed by atoms with Crippen LogP contribution in [-0.2, 0) is 0 Å². The molecule has 2 rings (SSSR count). The first kappa shape index (κ1) is 16.1. The summed E-state index contributed by atoms with van der Waals surface area (Å²) in [5, 5.41) is 13.5. The van der Waals surface area contributed by atoms with Crippen LogP contribution in [0.5, 0.6) is 5.88 Å². The third-order valence-corrected chi connectivity index (χ3v) is 2.87. The number of carbonyl (C=O) groups is 1. The van der Waals surface area contributed by atoms with E-state index < -0.39 is 16.7 Å². The first-order valence-electron chi connectivity index (χ1n) is 5.93. The summed E-state index contributed by atoms with van der Waals surface area (Å²) in [6.45, 7) is 0.233. The van der Waals surface area contributed by atoms with Gasteiger partial charge in [-0.05, 0) is 12.1 Å². The fraction of sp³-hybridized carbons (Fsp3) is 0.167. The third-order valence-electron chi connectivity index (χ3n) is 2.40. The van der Waals surface area contributed by atoms with E-state index in [-0.39, 0.29) is 29.8 Å². The molecule has 1 N–H and O–H groups in total. The van der Waals surface area contributed by atoms with Gasteiger partial charge in [0.1, 0.15) is 16.6 Å². The number of nitrogens with one attached hydrogen (secondary N) is 1. The first-order chi connectivity index (χ1) is 10.5. The van der Waals surface area contributed by atoms with Crippen molar-refractivity contribution in [2.24, 2.45) is 0 Å². The Morgan fingerprint density at radius 2 is 2.23 bits per heavy atom. The molecular formula is C12H9Cl2N3O5. The lowest BCUT2D eigenvalue weighted by molar-refractivity contribution is -0.402. The van der Waals surface area contributed by atoms with E-state index in [1.807, 2.05) is 0 Å². The van der Waals surface area contributed by atoms with Crippen LogP contribution in [0.3, 0.4) is 0 Å². The molecule has 0 radical (unpaired) electrons. The van der Waals surface area contributed by atoms with Crippen molar-refractivity contribution in [3.63, 3.8) is 0 Å². The zero-order valence-electron chi connectivity index (χ0n) is 10.9. The molecule has 0 fully saturated rings. The van der Waals surface area contributed by atoms with E-state index in [9.17, 15) is 14.9 Å². The van der Waals surface area contributed by atoms with Crippen molar-refractivity contribution in [1.82, 2.24) is 10.3 Å². The molecule has 0 aliphatic heterocycles. The van der Waals surface area contributed by atoms with Crippen LogP contribution >= 0.6 is 23.2 Å². The second-order valence-corrected chi connectivity index (χ2v) is 4.78. The molecule has 2 heterocycles. The number of nitro groups is 1. The monoisotopic (exact) mass is 345 g/mol. The molecule has 0 spiro atoms. The normalized spacial score (nSPS) is 10.3. The van der Waals surface area contributed by atoms with Gasteiger partial charge in [-0.15, -0.1) is 0 Å². The molecule has 0 atom stereocenters. The lowest BCUT2D eigenvalue weighted by atomic mass is 10.4. The third kappa shape index (κ3) is 4.09. The van der Waals surface area contributed by atoms with Crippen LogP contribution in [0.1, 0.15) is 10.6 Å². The summed E-state index contributed by atoms with van der Waals surface area (Å²) in [6, 6.07) is 3.79. The van der Waals surface area contributed by atoms with Gasteiger partial charge in [-0.1, -0.05) is 23.2 Å². The Labute approximate surface area is 134 Å². The maximum absolute atomic E-state index is 11.7. The van der Waals surface area contributed by atoms with Crippen LogP contribution in [0.2, 0.25) is 10.0 Å². The lowest BCUT2D eigenvalue weighted by Crippen LogP contribution is -2.27. The number of pyridine rings is 1. The van der Waals surface area contributed by atoms with Gasteiger partial charge in [-0.3, -0.25) is 14.9 Å². The average molecular weight is 346 g/mol. The highest BCUT2D eigenvalue weighted by Gasteiger charge is 2.16. The van der Waals surface area contributed by atoms with E-state index in [4.69, 9.17) is 32.4 Å². The molecule has 0 saturated heterocycles. The number of carbonyl (C=O) groups excluding carboxylic acids is 1. The Hall–Kier alpha value is -2.32. The largest absolute Gasteiger partial charge is 0.475 e. The number of halogens is 2. The summed E-state index contributed by atoms with van der Waals surface area (Å²) in [7, 11) is 0. The summed E-state index contributed by atoms with van der Waals surface area (Å²) in [5.74, 6) is -1.06. The number of ether oxygens (including phenoxy) is 1. The van der Waals surface area contributed by atoms with Crippen molar-refractivity contribution in [3.8, 4) is 5.88 Å². The standard InChI is InChI=1S/C12H9Cl2N3O5/c13-7-5-8(14)12(16-6-7)21-4-3-15-11(18)9-1-2-10(22-9)17(19)20/h1-2,5-6H,3-4H2,(H,15,18). The summed E-state index contributed by atoms with van der Waals surface area (Å²) in [4.78, 5) is 25.3. The number of hydrogen-bond acceptors (Lipinski definition) is 6. The van der Waals surface area contributed by atoms with Gasteiger partial charge in [0.2, 0.25) is 5.88 Å². The first-order valence-corrected chi connectivity index (χ1v) is 6.69. The van der Waals surface area contributed by atoms with Crippen LogP contribution in [0.25, 0.3) is 0 Å². The number of hydrogen-bond donors (Lipinski definition) is 1. The van der Waals surface area contributed by atoms with Crippen molar-refractivity contribution >= 4 is 35.0 Å². The highest BCUT2D eigenvalue weighted by molar-refractivity contribution is 6.35. The van der Waals surface area contributed by atoms with Crippen molar-refractivity contribution in [3.05, 3.63) is 50.3 Å². The Kier molecular flexibility index (Phi) is 5.18. The zero-order chi connectivity index (χ0) is 16.1. The van der Waals surface area contributed by atoms with Gasteiger partial charge in [0.05, 0.1) is 17.6 Å². The van der Waals surface area contributed by atoms with Crippen molar-refractivity contribution in [2.75, 3.05) is 13.2 Å². The fourth-order valence-electron chi connectivity index (χ4n) is 1.46. The number of furan rings is 1. The minimum absolute atomic E-state index is 0.100. The minimum atomic E-state index is -0.728. The molecule has 0 unspecified atom stereocenters. The van der Waals surface area contributed by atoms with Crippen LogP contribution in [0.15, 0.2) is 28.8 Å². The summed E-state index contributed by atoms with van der Waals surface area (Å²) in [5.41, 5.74) is 0. The van der Waals surface area contributed by atoms with Gasteiger partial charge in [-0.25, -0.2) is 4.98 Å². The maximum atomic E-state index is 11.7. The molecule has 116 valence electrons. The molecule has 0 aromatic carbocycles. The van der Waals surface area contributed by atoms with Crippen molar-refractivity contribution < 1.29 is 18.9 Å². The van der Waals surface area contributed by atoms with Crippen LogP contribution < -0.4 is 10.1 Å². The SMILES string of the molecule is O=C(NCCOc1ncc(Cl)cc1Cl)c1ccc([N+](=O)[O-])o1. The molecule has 0 aliphatic rings. The molecule has 8 nitrogen and oxygen atoms in total. The van der Waals surface area contributed by atoms with E-state index in [2.05, 4.69) is 10.3 Å². The van der Waals surface area contributed by atoms with E-state index in [0.29, 0.717) is 5.02 Å². The van der Waals surface area contributed by atoms with E-state index in [0.717, 1.165) is 6.07 Å².